The number of aliphatic imine (C=N–C) groups is 1. The van der Waals surface area contributed by atoms with Gasteiger partial charge in [0.2, 0.25) is 0 Å². The first-order valence-corrected chi connectivity index (χ1v) is 8.32. The molecule has 0 amide bonds. The Balaban J connectivity index is 1.95. The number of hydrogen-bond donors (Lipinski definition) is 3. The van der Waals surface area contributed by atoms with Crippen molar-refractivity contribution in [2.24, 2.45) is 4.99 Å². The highest BCUT2D eigenvalue weighted by Gasteiger charge is 2.20. The van der Waals surface area contributed by atoms with E-state index in [1.54, 1.807) is 26.3 Å². The van der Waals surface area contributed by atoms with Gasteiger partial charge in [-0.05, 0) is 23.8 Å². The summed E-state index contributed by atoms with van der Waals surface area (Å²) in [6, 6.07) is 15.6. The van der Waals surface area contributed by atoms with Crippen LogP contribution in [0.25, 0.3) is 0 Å². The number of rotatable bonds is 6. The summed E-state index contributed by atoms with van der Waals surface area (Å²) >= 11 is 0. The molecule has 0 bridgehead atoms. The molecule has 3 N–H and O–H groups in total. The molecule has 5 heteroatoms. The van der Waals surface area contributed by atoms with Gasteiger partial charge in [-0.3, -0.25) is 4.99 Å². The van der Waals surface area contributed by atoms with Crippen molar-refractivity contribution in [3.8, 4) is 11.5 Å². The molecule has 0 radical (unpaired) electrons. The van der Waals surface area contributed by atoms with E-state index in [0.29, 0.717) is 18.3 Å². The molecule has 5 nitrogen and oxygen atoms in total. The molecule has 0 atom stereocenters. The van der Waals surface area contributed by atoms with E-state index in [0.717, 1.165) is 12.1 Å². The van der Waals surface area contributed by atoms with Crippen LogP contribution >= 0.6 is 0 Å². The van der Waals surface area contributed by atoms with Crippen LogP contribution in [0.4, 0.5) is 0 Å². The van der Waals surface area contributed by atoms with Gasteiger partial charge >= 0.3 is 0 Å². The fourth-order valence-electron chi connectivity index (χ4n) is 2.53. The maximum absolute atomic E-state index is 9.97. The number of nitrogens with zero attached hydrogens (tertiary/aromatic N) is 1. The largest absolute Gasteiger partial charge is 0.508 e. The summed E-state index contributed by atoms with van der Waals surface area (Å²) in [5.74, 6) is 1.63. The molecule has 0 fully saturated rings. The summed E-state index contributed by atoms with van der Waals surface area (Å²) in [5, 5.41) is 16.5. The highest BCUT2D eigenvalue weighted by Crippen LogP contribution is 2.23. The SMILES string of the molecule is CN=C(NCc1cc(OC)ccc1O)NCC(C)(C)c1ccccc1. The number of methoxy groups -OCH3 is 1. The molecule has 0 saturated carbocycles. The Morgan fingerprint density at radius 1 is 1.12 bits per heavy atom. The van der Waals surface area contributed by atoms with Gasteiger partial charge < -0.3 is 20.5 Å². The number of phenolic OH excluding ortho intramolecular Hbond substituents is 1. The fourth-order valence-corrected chi connectivity index (χ4v) is 2.53. The fraction of sp³-hybridized carbons (Fsp3) is 0.350. The Kier molecular flexibility index (Phi) is 6.28. The quantitative estimate of drug-likeness (QED) is 0.558. The summed E-state index contributed by atoms with van der Waals surface area (Å²) < 4.78 is 5.20. The van der Waals surface area contributed by atoms with Crippen LogP contribution in [0.15, 0.2) is 53.5 Å². The third kappa shape index (κ3) is 5.14. The topological polar surface area (TPSA) is 65.9 Å². The van der Waals surface area contributed by atoms with Crippen molar-refractivity contribution in [1.29, 1.82) is 0 Å². The summed E-state index contributed by atoms with van der Waals surface area (Å²) in [6.45, 7) is 5.57. The minimum absolute atomic E-state index is 0.0308. The molecule has 0 aliphatic carbocycles. The number of hydrogen-bond acceptors (Lipinski definition) is 3. The van der Waals surface area contributed by atoms with Crippen LogP contribution in [0.2, 0.25) is 0 Å². The second-order valence-electron chi connectivity index (χ2n) is 6.52. The van der Waals surface area contributed by atoms with Crippen LogP contribution in [0.3, 0.4) is 0 Å². The molecule has 2 aromatic carbocycles. The first-order chi connectivity index (χ1) is 12.0. The van der Waals surface area contributed by atoms with Gasteiger partial charge in [-0.2, -0.15) is 0 Å². The van der Waals surface area contributed by atoms with Crippen molar-refractivity contribution in [3.05, 3.63) is 59.7 Å². The maximum atomic E-state index is 9.97. The average Bonchev–Trinajstić information content (AvgIpc) is 2.64. The second kappa shape index (κ2) is 8.42. The molecule has 0 heterocycles. The predicted molar refractivity (Wildman–Crippen MR) is 102 cm³/mol. The van der Waals surface area contributed by atoms with Crippen molar-refractivity contribution in [1.82, 2.24) is 10.6 Å². The zero-order valence-corrected chi connectivity index (χ0v) is 15.3. The van der Waals surface area contributed by atoms with Gasteiger partial charge in [0.05, 0.1) is 7.11 Å². The lowest BCUT2D eigenvalue weighted by atomic mass is 9.85. The number of ether oxygens (including phenoxy) is 1. The monoisotopic (exact) mass is 341 g/mol. The number of guanidine groups is 1. The van der Waals surface area contributed by atoms with E-state index in [4.69, 9.17) is 4.74 Å². The Morgan fingerprint density at radius 2 is 1.84 bits per heavy atom. The lowest BCUT2D eigenvalue weighted by Gasteiger charge is -2.26. The van der Waals surface area contributed by atoms with E-state index in [2.05, 4.69) is 53.7 Å². The number of benzene rings is 2. The van der Waals surface area contributed by atoms with Gasteiger partial charge in [0, 0.05) is 31.1 Å². The third-order valence-electron chi connectivity index (χ3n) is 4.21. The van der Waals surface area contributed by atoms with Crippen molar-refractivity contribution in [3.63, 3.8) is 0 Å². The molecule has 2 rings (SSSR count). The lowest BCUT2D eigenvalue weighted by Crippen LogP contribution is -2.43. The van der Waals surface area contributed by atoms with Crippen molar-refractivity contribution in [2.45, 2.75) is 25.8 Å². The van der Waals surface area contributed by atoms with Crippen LogP contribution < -0.4 is 15.4 Å². The zero-order valence-electron chi connectivity index (χ0n) is 15.3. The molecule has 0 aliphatic rings. The van der Waals surface area contributed by atoms with Gasteiger partial charge in [-0.1, -0.05) is 44.2 Å². The lowest BCUT2D eigenvalue weighted by molar-refractivity contribution is 0.410. The average molecular weight is 341 g/mol. The van der Waals surface area contributed by atoms with Gasteiger partial charge in [0.25, 0.3) is 0 Å². The molecular weight excluding hydrogens is 314 g/mol. The molecule has 0 spiro atoms. The van der Waals surface area contributed by atoms with Crippen LogP contribution in [-0.4, -0.2) is 31.8 Å². The third-order valence-corrected chi connectivity index (χ3v) is 4.21. The van der Waals surface area contributed by atoms with E-state index in [-0.39, 0.29) is 11.2 Å². The highest BCUT2D eigenvalue weighted by molar-refractivity contribution is 5.79. The Morgan fingerprint density at radius 3 is 2.48 bits per heavy atom. The minimum Gasteiger partial charge on any atom is -0.508 e. The Hall–Kier alpha value is -2.69. The molecule has 0 unspecified atom stereocenters. The van der Waals surface area contributed by atoms with E-state index in [9.17, 15) is 5.11 Å². The maximum Gasteiger partial charge on any atom is 0.191 e. The molecule has 134 valence electrons. The zero-order chi connectivity index (χ0) is 18.3. The van der Waals surface area contributed by atoms with Gasteiger partial charge in [0.15, 0.2) is 5.96 Å². The van der Waals surface area contributed by atoms with E-state index >= 15 is 0 Å². The van der Waals surface area contributed by atoms with Gasteiger partial charge in [-0.15, -0.1) is 0 Å². The van der Waals surface area contributed by atoms with E-state index in [1.165, 1.54) is 5.56 Å². The van der Waals surface area contributed by atoms with Crippen LogP contribution in [-0.2, 0) is 12.0 Å². The van der Waals surface area contributed by atoms with Gasteiger partial charge in [-0.25, -0.2) is 0 Å². The summed E-state index contributed by atoms with van der Waals surface area (Å²) in [4.78, 5) is 4.25. The molecule has 2 aromatic rings. The van der Waals surface area contributed by atoms with Crippen molar-refractivity contribution >= 4 is 5.96 Å². The normalized spacial score (nSPS) is 11.9. The second-order valence-corrected chi connectivity index (χ2v) is 6.52. The van der Waals surface area contributed by atoms with Crippen molar-refractivity contribution < 1.29 is 9.84 Å². The summed E-state index contributed by atoms with van der Waals surface area (Å²) in [6.07, 6.45) is 0. The van der Waals surface area contributed by atoms with Crippen LogP contribution in [0.1, 0.15) is 25.0 Å². The molecule has 0 aliphatic heterocycles. The Labute approximate surface area is 149 Å². The summed E-state index contributed by atoms with van der Waals surface area (Å²) in [5.41, 5.74) is 1.99. The molecule has 25 heavy (non-hydrogen) atoms. The highest BCUT2D eigenvalue weighted by atomic mass is 16.5. The van der Waals surface area contributed by atoms with Crippen molar-refractivity contribution in [2.75, 3.05) is 20.7 Å². The smallest absolute Gasteiger partial charge is 0.191 e. The summed E-state index contributed by atoms with van der Waals surface area (Å²) in [7, 11) is 3.34. The minimum atomic E-state index is -0.0308. The predicted octanol–water partition coefficient (Wildman–Crippen LogP) is 3.04. The number of phenols is 1. The first-order valence-electron chi connectivity index (χ1n) is 8.32. The molecule has 0 aromatic heterocycles. The first kappa shape index (κ1) is 18.6. The van der Waals surface area contributed by atoms with Crippen LogP contribution in [0.5, 0.6) is 11.5 Å². The van der Waals surface area contributed by atoms with Crippen LogP contribution in [0, 0.1) is 0 Å². The van der Waals surface area contributed by atoms with E-state index in [1.807, 2.05) is 12.1 Å². The number of aromatic hydroxyl groups is 1. The standard InChI is InChI=1S/C20H27N3O2/c1-20(2,16-8-6-5-7-9-16)14-23-19(21-3)22-13-15-12-17(25-4)10-11-18(15)24/h5-12,24H,13-14H2,1-4H3,(H2,21,22,23). The van der Waals surface area contributed by atoms with Gasteiger partial charge in [0.1, 0.15) is 11.5 Å². The molecular formula is C20H27N3O2. The van der Waals surface area contributed by atoms with E-state index < -0.39 is 0 Å². The molecule has 0 saturated heterocycles. The number of nitrogens with one attached hydrogen (secondary N) is 2. The Bertz CT molecular complexity index is 712.